The van der Waals surface area contributed by atoms with Gasteiger partial charge in [-0.3, -0.25) is 4.79 Å². The molecule has 0 spiro atoms. The van der Waals surface area contributed by atoms with Crippen LogP contribution in [-0.4, -0.2) is 34.3 Å². The Hall–Kier alpha value is -2.12. The summed E-state index contributed by atoms with van der Waals surface area (Å²) in [7, 11) is 0. The van der Waals surface area contributed by atoms with Crippen molar-refractivity contribution < 1.29 is 18.8 Å². The van der Waals surface area contributed by atoms with E-state index in [1.807, 2.05) is 0 Å². The Morgan fingerprint density at radius 1 is 1.29 bits per heavy atom. The summed E-state index contributed by atoms with van der Waals surface area (Å²) in [5.74, 6) is 0.860. The Morgan fingerprint density at radius 3 is 2.50 bits per heavy atom. The second-order valence-electron chi connectivity index (χ2n) is 7.15. The fourth-order valence-corrected chi connectivity index (χ4v) is 2.80. The predicted octanol–water partition coefficient (Wildman–Crippen LogP) is 2.18. The predicted molar refractivity (Wildman–Crippen MR) is 86.2 cm³/mol. The van der Waals surface area contributed by atoms with E-state index >= 15 is 0 Å². The van der Waals surface area contributed by atoms with E-state index in [2.05, 4.69) is 20.8 Å². The molecule has 0 bridgehead atoms. The van der Waals surface area contributed by atoms with Crippen LogP contribution in [0.15, 0.2) is 4.52 Å². The number of hydrogen-bond acceptors (Lipinski definition) is 6. The van der Waals surface area contributed by atoms with E-state index in [4.69, 9.17) is 9.26 Å². The lowest BCUT2D eigenvalue weighted by atomic mass is 9.96. The van der Waals surface area contributed by atoms with Gasteiger partial charge in [0.1, 0.15) is 11.1 Å². The van der Waals surface area contributed by atoms with E-state index in [-0.39, 0.29) is 18.9 Å². The maximum absolute atomic E-state index is 12.3. The smallest absolute Gasteiger partial charge is 0.407 e. The van der Waals surface area contributed by atoms with Gasteiger partial charge in [0.15, 0.2) is 5.82 Å². The van der Waals surface area contributed by atoms with Crippen LogP contribution < -0.4 is 10.6 Å². The third kappa shape index (κ3) is 4.94. The lowest BCUT2D eigenvalue weighted by Gasteiger charge is -2.26. The molecule has 8 nitrogen and oxygen atoms in total. The summed E-state index contributed by atoms with van der Waals surface area (Å²) < 4.78 is 10.2. The number of nitrogens with one attached hydrogen (secondary N) is 2. The maximum Gasteiger partial charge on any atom is 0.407 e. The summed E-state index contributed by atoms with van der Waals surface area (Å²) >= 11 is 0. The fourth-order valence-electron chi connectivity index (χ4n) is 2.80. The van der Waals surface area contributed by atoms with Crippen molar-refractivity contribution in [3.05, 3.63) is 11.7 Å². The van der Waals surface area contributed by atoms with Crippen molar-refractivity contribution in [2.45, 2.75) is 70.9 Å². The first-order valence-corrected chi connectivity index (χ1v) is 8.29. The molecule has 2 rings (SSSR count). The monoisotopic (exact) mass is 338 g/mol. The molecule has 0 radical (unpaired) electrons. The fraction of sp³-hybridized carbons (Fsp3) is 0.750. The first kappa shape index (κ1) is 18.2. The summed E-state index contributed by atoms with van der Waals surface area (Å²) in [6.07, 6.45) is 3.22. The Bertz CT molecular complexity index is 585. The van der Waals surface area contributed by atoms with Gasteiger partial charge in [0.05, 0.1) is 0 Å². The molecule has 8 heteroatoms. The minimum atomic E-state index is -0.559. The molecule has 0 unspecified atom stereocenters. The summed E-state index contributed by atoms with van der Waals surface area (Å²) in [5, 5.41) is 9.59. The van der Waals surface area contributed by atoms with Crippen LogP contribution in [0, 0.1) is 6.92 Å². The van der Waals surface area contributed by atoms with Crippen LogP contribution in [0.25, 0.3) is 0 Å². The third-order valence-electron chi connectivity index (χ3n) is 3.81. The van der Waals surface area contributed by atoms with E-state index in [0.29, 0.717) is 11.7 Å². The molecule has 0 atom stereocenters. The summed E-state index contributed by atoms with van der Waals surface area (Å²) in [5.41, 5.74) is -1.11. The van der Waals surface area contributed by atoms with Crippen LogP contribution >= 0.6 is 0 Å². The molecule has 0 saturated heterocycles. The zero-order valence-electron chi connectivity index (χ0n) is 14.8. The molecule has 1 fully saturated rings. The molecule has 1 aliphatic carbocycles. The number of ether oxygens (including phenoxy) is 1. The van der Waals surface area contributed by atoms with Crippen molar-refractivity contribution in [3.8, 4) is 0 Å². The zero-order chi connectivity index (χ0) is 17.8. The summed E-state index contributed by atoms with van der Waals surface area (Å²) in [6, 6.07) is 0. The minimum Gasteiger partial charge on any atom is -0.444 e. The quantitative estimate of drug-likeness (QED) is 0.852. The van der Waals surface area contributed by atoms with Gasteiger partial charge in [0, 0.05) is 19.9 Å². The Kier molecular flexibility index (Phi) is 5.46. The third-order valence-corrected chi connectivity index (χ3v) is 3.81. The highest BCUT2D eigenvalue weighted by molar-refractivity contribution is 5.78. The van der Waals surface area contributed by atoms with Gasteiger partial charge in [0.2, 0.25) is 11.8 Å². The number of rotatable bonds is 5. The first-order valence-electron chi connectivity index (χ1n) is 8.29. The molecule has 24 heavy (non-hydrogen) atoms. The Labute approximate surface area is 141 Å². The number of carbonyl (C=O) groups is 2. The summed E-state index contributed by atoms with van der Waals surface area (Å²) in [6.45, 7) is 7.30. The number of nitrogens with zero attached hydrogens (tertiary/aromatic N) is 2. The molecule has 1 saturated carbocycles. The van der Waals surface area contributed by atoms with E-state index in [1.54, 1.807) is 27.7 Å². The van der Waals surface area contributed by atoms with Crippen molar-refractivity contribution in [2.24, 2.45) is 0 Å². The maximum atomic E-state index is 12.3. The average Bonchev–Trinajstić information content (AvgIpc) is 3.06. The van der Waals surface area contributed by atoms with Gasteiger partial charge in [-0.2, -0.15) is 4.98 Å². The summed E-state index contributed by atoms with van der Waals surface area (Å²) in [4.78, 5) is 28.1. The van der Waals surface area contributed by atoms with E-state index < -0.39 is 17.2 Å². The van der Waals surface area contributed by atoms with E-state index in [1.165, 1.54) is 0 Å². The average molecular weight is 338 g/mol. The van der Waals surface area contributed by atoms with Crippen molar-refractivity contribution in [1.29, 1.82) is 0 Å². The lowest BCUT2D eigenvalue weighted by molar-refractivity contribution is -0.123. The number of carbonyl (C=O) groups excluding carboxylic acids is 2. The topological polar surface area (TPSA) is 106 Å². The number of aromatic nitrogens is 2. The van der Waals surface area contributed by atoms with Crippen molar-refractivity contribution in [2.75, 3.05) is 6.54 Å². The molecule has 2 N–H and O–H groups in total. The van der Waals surface area contributed by atoms with Gasteiger partial charge >= 0.3 is 6.09 Å². The van der Waals surface area contributed by atoms with Gasteiger partial charge in [-0.1, -0.05) is 18.0 Å². The van der Waals surface area contributed by atoms with Crippen molar-refractivity contribution in [3.63, 3.8) is 0 Å². The van der Waals surface area contributed by atoms with Crippen molar-refractivity contribution in [1.82, 2.24) is 20.8 Å². The standard InChI is InChI=1S/C16H26N4O4/c1-11-18-13(20-24-11)16(8-5-6-9-16)19-12(21)7-10-17-14(22)23-15(2,3)4/h5-10H2,1-4H3,(H,17,22)(H,19,21). The van der Waals surface area contributed by atoms with Crippen LogP contribution in [0.5, 0.6) is 0 Å². The van der Waals surface area contributed by atoms with Crippen LogP contribution in [0.4, 0.5) is 4.79 Å². The zero-order valence-corrected chi connectivity index (χ0v) is 14.8. The number of aryl methyl sites for hydroxylation is 1. The lowest BCUT2D eigenvalue weighted by Crippen LogP contribution is -2.45. The molecule has 1 aliphatic rings. The van der Waals surface area contributed by atoms with Gasteiger partial charge < -0.3 is 19.9 Å². The van der Waals surface area contributed by atoms with Gasteiger partial charge in [-0.15, -0.1) is 0 Å². The van der Waals surface area contributed by atoms with Gasteiger partial charge in [-0.05, 0) is 33.6 Å². The van der Waals surface area contributed by atoms with Crippen LogP contribution in [-0.2, 0) is 15.1 Å². The largest absolute Gasteiger partial charge is 0.444 e. The highest BCUT2D eigenvalue weighted by Crippen LogP contribution is 2.37. The molecule has 1 aromatic rings. The number of amides is 2. The second kappa shape index (κ2) is 7.19. The first-order chi connectivity index (χ1) is 11.2. The molecular weight excluding hydrogens is 312 g/mol. The normalized spacial score (nSPS) is 16.7. The highest BCUT2D eigenvalue weighted by Gasteiger charge is 2.41. The highest BCUT2D eigenvalue weighted by atomic mass is 16.6. The van der Waals surface area contributed by atoms with Crippen LogP contribution in [0.3, 0.4) is 0 Å². The van der Waals surface area contributed by atoms with Crippen LogP contribution in [0.1, 0.15) is 64.6 Å². The second-order valence-corrected chi connectivity index (χ2v) is 7.15. The molecule has 1 aromatic heterocycles. The van der Waals surface area contributed by atoms with Crippen molar-refractivity contribution >= 4 is 12.0 Å². The van der Waals surface area contributed by atoms with Crippen LogP contribution in [0.2, 0.25) is 0 Å². The Balaban J connectivity index is 1.85. The van der Waals surface area contributed by atoms with E-state index in [9.17, 15) is 9.59 Å². The van der Waals surface area contributed by atoms with Gasteiger partial charge in [-0.25, -0.2) is 4.79 Å². The molecule has 1 heterocycles. The molecule has 0 aromatic carbocycles. The number of hydrogen-bond donors (Lipinski definition) is 2. The van der Waals surface area contributed by atoms with Gasteiger partial charge in [0.25, 0.3) is 0 Å². The molecule has 0 aliphatic heterocycles. The molecule has 134 valence electrons. The number of alkyl carbamates (subject to hydrolysis) is 1. The molecule has 2 amide bonds. The SMILES string of the molecule is Cc1nc(C2(NC(=O)CCNC(=O)OC(C)(C)C)CCCC2)no1. The molecular formula is C16H26N4O4. The van der Waals surface area contributed by atoms with E-state index in [0.717, 1.165) is 25.7 Å². The Morgan fingerprint density at radius 2 is 1.96 bits per heavy atom. The minimum absolute atomic E-state index is 0.157.